The third-order valence-electron chi connectivity index (χ3n) is 3.42. The Morgan fingerprint density at radius 1 is 1.33 bits per heavy atom. The van der Waals surface area contributed by atoms with Crippen LogP contribution in [0.15, 0.2) is 27.4 Å². The predicted octanol–water partition coefficient (Wildman–Crippen LogP) is 2.73. The molecule has 1 aromatic heterocycles. The number of fused-ring (bicyclic) bond motifs is 1. The molecule has 0 spiro atoms. The molecule has 1 heterocycles. The second-order valence-corrected chi connectivity index (χ2v) is 5.09. The van der Waals surface area contributed by atoms with E-state index in [1.807, 2.05) is 0 Å². The van der Waals surface area contributed by atoms with Crippen LogP contribution >= 0.6 is 0 Å². The lowest BCUT2D eigenvalue weighted by molar-refractivity contribution is -0.385. The number of hydrogen-bond acceptors (Lipinski definition) is 7. The summed E-state index contributed by atoms with van der Waals surface area (Å²) < 4.78 is 15.4. The van der Waals surface area contributed by atoms with E-state index in [0.717, 1.165) is 0 Å². The summed E-state index contributed by atoms with van der Waals surface area (Å²) in [6.07, 6.45) is -0.719. The molecule has 0 saturated heterocycles. The average molecular weight is 335 g/mol. The van der Waals surface area contributed by atoms with E-state index >= 15 is 0 Å². The van der Waals surface area contributed by atoms with Crippen molar-refractivity contribution in [1.29, 1.82) is 0 Å². The maximum absolute atomic E-state index is 11.8. The van der Waals surface area contributed by atoms with Gasteiger partial charge in [-0.3, -0.25) is 10.1 Å². The summed E-state index contributed by atoms with van der Waals surface area (Å²) in [4.78, 5) is 34.0. The van der Waals surface area contributed by atoms with Gasteiger partial charge in [0.15, 0.2) is 6.10 Å². The van der Waals surface area contributed by atoms with Crippen LogP contribution in [0, 0.1) is 17.0 Å². The molecule has 24 heavy (non-hydrogen) atoms. The van der Waals surface area contributed by atoms with Gasteiger partial charge in [-0.15, -0.1) is 0 Å². The van der Waals surface area contributed by atoms with Crippen LogP contribution in [0.2, 0.25) is 0 Å². The zero-order valence-electron chi connectivity index (χ0n) is 13.5. The number of nitro groups is 1. The number of ether oxygens (including phenoxy) is 2. The van der Waals surface area contributed by atoms with Gasteiger partial charge in [-0.2, -0.15) is 0 Å². The summed E-state index contributed by atoms with van der Waals surface area (Å²) in [6.45, 7) is 5.17. The fraction of sp³-hybridized carbons (Fsp3) is 0.375. The summed E-state index contributed by atoms with van der Waals surface area (Å²) >= 11 is 0. The van der Waals surface area contributed by atoms with Crippen LogP contribution in [0.4, 0.5) is 5.69 Å². The fourth-order valence-corrected chi connectivity index (χ4v) is 2.26. The highest BCUT2D eigenvalue weighted by molar-refractivity contribution is 5.85. The van der Waals surface area contributed by atoms with Crippen molar-refractivity contribution in [3.8, 4) is 5.75 Å². The lowest BCUT2D eigenvalue weighted by Crippen LogP contribution is -2.29. The van der Waals surface area contributed by atoms with Gasteiger partial charge in [0.05, 0.1) is 11.5 Å². The van der Waals surface area contributed by atoms with Crippen molar-refractivity contribution in [2.24, 2.45) is 0 Å². The molecule has 0 amide bonds. The SMILES string of the molecule is CCOC(=O)C(CC)Oc1cc2oc(=O)cc(C)c2cc1[N+](=O)[O-]. The normalized spacial score (nSPS) is 12.0. The molecule has 8 nitrogen and oxygen atoms in total. The largest absolute Gasteiger partial charge is 0.471 e. The van der Waals surface area contributed by atoms with E-state index in [2.05, 4.69) is 0 Å². The van der Waals surface area contributed by atoms with Crippen molar-refractivity contribution >= 4 is 22.6 Å². The van der Waals surface area contributed by atoms with Crippen LogP contribution in [0.3, 0.4) is 0 Å². The molecule has 8 heteroatoms. The summed E-state index contributed by atoms with van der Waals surface area (Å²) in [5, 5.41) is 11.8. The molecule has 128 valence electrons. The van der Waals surface area contributed by atoms with Gasteiger partial charge in [0.25, 0.3) is 0 Å². The van der Waals surface area contributed by atoms with E-state index < -0.39 is 22.6 Å². The summed E-state index contributed by atoms with van der Waals surface area (Å²) in [6, 6.07) is 3.77. The number of hydrogen-bond donors (Lipinski definition) is 0. The highest BCUT2D eigenvalue weighted by atomic mass is 16.6. The maximum atomic E-state index is 11.8. The predicted molar refractivity (Wildman–Crippen MR) is 85.2 cm³/mol. The van der Waals surface area contributed by atoms with E-state index in [0.29, 0.717) is 10.9 Å². The number of aryl methyl sites for hydroxylation is 1. The average Bonchev–Trinajstić information content (AvgIpc) is 2.51. The third-order valence-corrected chi connectivity index (χ3v) is 3.42. The van der Waals surface area contributed by atoms with Gasteiger partial charge in [0.2, 0.25) is 5.75 Å². The van der Waals surface area contributed by atoms with E-state index in [-0.39, 0.29) is 30.0 Å². The number of carbonyl (C=O) groups excluding carboxylic acids is 1. The van der Waals surface area contributed by atoms with Crippen molar-refractivity contribution in [1.82, 2.24) is 0 Å². The van der Waals surface area contributed by atoms with Crippen LogP contribution < -0.4 is 10.4 Å². The second kappa shape index (κ2) is 7.12. The van der Waals surface area contributed by atoms with Crippen molar-refractivity contribution in [3.63, 3.8) is 0 Å². The second-order valence-electron chi connectivity index (χ2n) is 5.09. The fourth-order valence-electron chi connectivity index (χ4n) is 2.26. The molecule has 0 aliphatic rings. The Hall–Kier alpha value is -2.90. The van der Waals surface area contributed by atoms with Crippen LogP contribution in [0.1, 0.15) is 25.8 Å². The van der Waals surface area contributed by atoms with Crippen LogP contribution in [-0.2, 0) is 9.53 Å². The standard InChI is InChI=1S/C16H17NO7/c1-4-12(16(19)22-5-2)23-14-8-13-10(7-11(14)17(20)21)9(3)6-15(18)24-13/h6-8,12H,4-5H2,1-3H3. The van der Waals surface area contributed by atoms with Crippen molar-refractivity contribution in [2.75, 3.05) is 6.61 Å². The van der Waals surface area contributed by atoms with Crippen LogP contribution in [-0.4, -0.2) is 23.6 Å². The summed E-state index contributed by atoms with van der Waals surface area (Å²) in [5.41, 5.74) is -0.188. The van der Waals surface area contributed by atoms with Gasteiger partial charge < -0.3 is 13.9 Å². The number of esters is 1. The van der Waals surface area contributed by atoms with Gasteiger partial charge in [-0.25, -0.2) is 9.59 Å². The lowest BCUT2D eigenvalue weighted by Gasteiger charge is -2.16. The maximum Gasteiger partial charge on any atom is 0.347 e. The lowest BCUT2D eigenvalue weighted by atomic mass is 10.1. The Labute approximate surface area is 137 Å². The first-order chi connectivity index (χ1) is 11.4. The van der Waals surface area contributed by atoms with Crippen LogP contribution in [0.25, 0.3) is 11.0 Å². The third kappa shape index (κ3) is 3.53. The zero-order chi connectivity index (χ0) is 17.9. The van der Waals surface area contributed by atoms with E-state index in [4.69, 9.17) is 13.9 Å². The minimum absolute atomic E-state index is 0.152. The van der Waals surface area contributed by atoms with Crippen LogP contribution in [0.5, 0.6) is 5.75 Å². The Balaban J connectivity index is 2.55. The highest BCUT2D eigenvalue weighted by Crippen LogP contribution is 2.34. The molecule has 2 rings (SSSR count). The van der Waals surface area contributed by atoms with Gasteiger partial charge in [0, 0.05) is 23.6 Å². The van der Waals surface area contributed by atoms with Crippen molar-refractivity contribution in [2.45, 2.75) is 33.3 Å². The first-order valence-electron chi connectivity index (χ1n) is 7.43. The number of benzene rings is 1. The zero-order valence-corrected chi connectivity index (χ0v) is 13.5. The van der Waals surface area contributed by atoms with E-state index in [1.165, 1.54) is 18.2 Å². The molecule has 0 fully saturated rings. The smallest absolute Gasteiger partial charge is 0.347 e. The Kier molecular flexibility index (Phi) is 5.18. The van der Waals surface area contributed by atoms with Gasteiger partial charge in [-0.05, 0) is 25.8 Å². The molecule has 0 saturated carbocycles. The first kappa shape index (κ1) is 17.5. The summed E-state index contributed by atoms with van der Waals surface area (Å²) in [7, 11) is 0. The molecule has 1 atom stereocenters. The molecule has 0 bridgehead atoms. The van der Waals surface area contributed by atoms with E-state index in [9.17, 15) is 19.7 Å². The van der Waals surface area contributed by atoms with Crippen molar-refractivity contribution in [3.05, 3.63) is 44.3 Å². The van der Waals surface area contributed by atoms with Gasteiger partial charge in [0.1, 0.15) is 5.58 Å². The van der Waals surface area contributed by atoms with Gasteiger partial charge >= 0.3 is 17.3 Å². The van der Waals surface area contributed by atoms with Gasteiger partial charge in [-0.1, -0.05) is 6.92 Å². The Morgan fingerprint density at radius 3 is 2.62 bits per heavy atom. The molecule has 0 radical (unpaired) electrons. The topological polar surface area (TPSA) is 109 Å². The molecule has 0 aliphatic heterocycles. The molecule has 1 aromatic carbocycles. The Bertz CT molecular complexity index is 840. The molecule has 1 unspecified atom stereocenters. The number of nitrogens with zero attached hydrogens (tertiary/aromatic N) is 1. The quantitative estimate of drug-likeness (QED) is 0.345. The molecular weight excluding hydrogens is 318 g/mol. The number of nitro benzene ring substituents is 1. The van der Waals surface area contributed by atoms with E-state index in [1.54, 1.807) is 20.8 Å². The molecule has 2 aromatic rings. The minimum atomic E-state index is -0.988. The number of rotatable bonds is 6. The molecule has 0 N–H and O–H groups in total. The monoisotopic (exact) mass is 335 g/mol. The van der Waals surface area contributed by atoms with Crippen molar-refractivity contribution < 1.29 is 23.6 Å². The number of carbonyl (C=O) groups is 1. The minimum Gasteiger partial charge on any atom is -0.471 e. The first-order valence-corrected chi connectivity index (χ1v) is 7.43. The molecular formula is C16H17NO7. The summed E-state index contributed by atoms with van der Waals surface area (Å²) in [5.74, 6) is -0.763. The highest BCUT2D eigenvalue weighted by Gasteiger charge is 2.26. The molecule has 0 aliphatic carbocycles. The Morgan fingerprint density at radius 2 is 2.04 bits per heavy atom.